The Morgan fingerprint density at radius 2 is 1.71 bits per heavy atom. The average molecular weight is 255 g/mol. The van der Waals surface area contributed by atoms with Gasteiger partial charge in [-0.15, -0.1) is 0 Å². The summed E-state index contributed by atoms with van der Waals surface area (Å²) in [6.45, 7) is 4.71. The highest BCUT2D eigenvalue weighted by Crippen LogP contribution is 2.31. The molecule has 3 unspecified atom stereocenters. The monoisotopic (exact) mass is 255 g/mol. The molecule has 1 N–H and O–H groups in total. The van der Waals surface area contributed by atoms with Crippen molar-refractivity contribution in [1.29, 1.82) is 0 Å². The van der Waals surface area contributed by atoms with Crippen molar-refractivity contribution in [3.8, 4) is 0 Å². The number of nitrogens with one attached hydrogen (secondary N) is 1. The minimum absolute atomic E-state index is 0.232. The van der Waals surface area contributed by atoms with E-state index in [2.05, 4.69) is 5.32 Å². The Bertz CT molecular complexity index is 295. The molecule has 17 heavy (non-hydrogen) atoms. The summed E-state index contributed by atoms with van der Waals surface area (Å²) in [7, 11) is 0. The second kappa shape index (κ2) is 4.55. The first-order chi connectivity index (χ1) is 7.53. The van der Waals surface area contributed by atoms with Crippen molar-refractivity contribution in [2.45, 2.75) is 58.0 Å². The van der Waals surface area contributed by atoms with E-state index in [1.54, 1.807) is 20.8 Å². The Morgan fingerprint density at radius 3 is 2.12 bits per heavy atom. The number of carbonyl (C=O) groups is 1. The first kappa shape index (κ1) is 14.4. The molecule has 0 aliphatic carbocycles. The SMILES string of the molecule is CC(C)(C)C(=O)C1NC(C(F)(F)F)CCC1F. The lowest BCUT2D eigenvalue weighted by atomic mass is 9.81. The summed E-state index contributed by atoms with van der Waals surface area (Å²) in [5, 5.41) is 2.10. The van der Waals surface area contributed by atoms with Crippen molar-refractivity contribution in [1.82, 2.24) is 5.32 Å². The molecular formula is C11H17F4NO. The lowest BCUT2D eigenvalue weighted by Crippen LogP contribution is -2.59. The molecule has 1 aliphatic heterocycles. The van der Waals surface area contributed by atoms with Crippen LogP contribution in [0.15, 0.2) is 0 Å². The van der Waals surface area contributed by atoms with Crippen LogP contribution in [0.3, 0.4) is 0 Å². The van der Waals surface area contributed by atoms with Gasteiger partial charge < -0.3 is 0 Å². The van der Waals surface area contributed by atoms with Crippen LogP contribution < -0.4 is 5.32 Å². The van der Waals surface area contributed by atoms with E-state index in [0.717, 1.165) is 0 Å². The quantitative estimate of drug-likeness (QED) is 0.730. The molecular weight excluding hydrogens is 238 g/mol. The normalized spacial score (nSPS) is 31.4. The molecule has 100 valence electrons. The maximum absolute atomic E-state index is 13.5. The molecule has 1 saturated heterocycles. The van der Waals surface area contributed by atoms with Gasteiger partial charge in [-0.2, -0.15) is 13.2 Å². The predicted molar refractivity (Wildman–Crippen MR) is 55.4 cm³/mol. The molecule has 1 rings (SSSR count). The van der Waals surface area contributed by atoms with Crippen LogP contribution >= 0.6 is 0 Å². The third-order valence-corrected chi connectivity index (χ3v) is 2.89. The zero-order valence-electron chi connectivity index (χ0n) is 10.1. The molecule has 0 bridgehead atoms. The Hall–Kier alpha value is -0.650. The number of ketones is 1. The number of rotatable bonds is 1. The van der Waals surface area contributed by atoms with E-state index in [-0.39, 0.29) is 12.8 Å². The fourth-order valence-electron chi connectivity index (χ4n) is 1.86. The highest BCUT2D eigenvalue weighted by molar-refractivity contribution is 5.89. The summed E-state index contributed by atoms with van der Waals surface area (Å²) in [6, 6.07) is -3.14. The van der Waals surface area contributed by atoms with Crippen molar-refractivity contribution in [3.63, 3.8) is 0 Å². The van der Waals surface area contributed by atoms with Gasteiger partial charge in [0.05, 0.1) is 6.04 Å². The number of alkyl halides is 4. The van der Waals surface area contributed by atoms with E-state index in [0.29, 0.717) is 0 Å². The first-order valence-corrected chi connectivity index (χ1v) is 5.54. The van der Waals surface area contributed by atoms with Crippen molar-refractivity contribution in [2.24, 2.45) is 5.41 Å². The van der Waals surface area contributed by atoms with E-state index >= 15 is 0 Å². The van der Waals surface area contributed by atoms with Gasteiger partial charge in [-0.25, -0.2) is 4.39 Å². The molecule has 2 nitrogen and oxygen atoms in total. The second-order valence-corrected chi connectivity index (χ2v) is 5.45. The van der Waals surface area contributed by atoms with Gasteiger partial charge in [0.25, 0.3) is 0 Å². The third kappa shape index (κ3) is 3.40. The zero-order valence-corrected chi connectivity index (χ0v) is 10.1. The minimum Gasteiger partial charge on any atom is -0.297 e. The fraction of sp³-hybridized carbons (Fsp3) is 0.909. The number of hydrogen-bond donors (Lipinski definition) is 1. The maximum Gasteiger partial charge on any atom is 0.403 e. The van der Waals surface area contributed by atoms with Crippen LogP contribution in [0, 0.1) is 5.41 Å². The summed E-state index contributed by atoms with van der Waals surface area (Å²) >= 11 is 0. The molecule has 0 radical (unpaired) electrons. The number of hydrogen-bond acceptors (Lipinski definition) is 2. The van der Waals surface area contributed by atoms with Crippen LogP contribution in [0.4, 0.5) is 17.6 Å². The molecule has 1 heterocycles. The first-order valence-electron chi connectivity index (χ1n) is 5.54. The standard InChI is InChI=1S/C11H17F4NO/c1-10(2,3)9(17)8-6(12)4-5-7(16-8)11(13,14)15/h6-8,16H,4-5H2,1-3H3. The van der Waals surface area contributed by atoms with Crippen molar-refractivity contribution in [3.05, 3.63) is 0 Å². The number of piperidine rings is 1. The minimum atomic E-state index is -4.43. The van der Waals surface area contributed by atoms with E-state index in [9.17, 15) is 22.4 Å². The highest BCUT2D eigenvalue weighted by Gasteiger charge is 2.48. The molecule has 6 heteroatoms. The van der Waals surface area contributed by atoms with Gasteiger partial charge in [0.15, 0.2) is 5.78 Å². The van der Waals surface area contributed by atoms with Gasteiger partial charge in [0.2, 0.25) is 0 Å². The Kier molecular flexibility index (Phi) is 3.86. The van der Waals surface area contributed by atoms with E-state index < -0.39 is 35.6 Å². The molecule has 0 spiro atoms. The van der Waals surface area contributed by atoms with Crippen LogP contribution in [0.1, 0.15) is 33.6 Å². The average Bonchev–Trinajstić information content (AvgIpc) is 2.14. The van der Waals surface area contributed by atoms with Crippen molar-refractivity contribution in [2.75, 3.05) is 0 Å². The van der Waals surface area contributed by atoms with Crippen molar-refractivity contribution < 1.29 is 22.4 Å². The van der Waals surface area contributed by atoms with Crippen molar-refractivity contribution >= 4 is 5.78 Å². The molecule has 1 fully saturated rings. The van der Waals surface area contributed by atoms with Crippen LogP contribution in [0.2, 0.25) is 0 Å². The molecule has 0 saturated carbocycles. The smallest absolute Gasteiger partial charge is 0.297 e. The van der Waals surface area contributed by atoms with Gasteiger partial charge in [0, 0.05) is 5.41 Å². The highest BCUT2D eigenvalue weighted by atomic mass is 19.4. The van der Waals surface area contributed by atoms with Crippen LogP contribution in [-0.2, 0) is 4.79 Å². The van der Waals surface area contributed by atoms with Gasteiger partial charge in [-0.3, -0.25) is 10.1 Å². The summed E-state index contributed by atoms with van der Waals surface area (Å²) < 4.78 is 51.1. The zero-order chi connectivity index (χ0) is 13.4. The molecule has 0 aromatic carbocycles. The molecule has 1 aliphatic rings. The third-order valence-electron chi connectivity index (χ3n) is 2.89. The molecule has 0 amide bonds. The van der Waals surface area contributed by atoms with E-state index in [1.807, 2.05) is 0 Å². The van der Waals surface area contributed by atoms with Crippen LogP contribution in [0.25, 0.3) is 0 Å². The summed E-state index contributed by atoms with van der Waals surface area (Å²) in [6.07, 6.45) is -6.53. The largest absolute Gasteiger partial charge is 0.403 e. The second-order valence-electron chi connectivity index (χ2n) is 5.45. The summed E-state index contributed by atoms with van der Waals surface area (Å²) in [4.78, 5) is 11.8. The molecule has 3 atom stereocenters. The number of halogens is 4. The van der Waals surface area contributed by atoms with Gasteiger partial charge in [-0.05, 0) is 12.8 Å². The fourth-order valence-corrected chi connectivity index (χ4v) is 1.86. The Labute approximate surface area is 97.8 Å². The van der Waals surface area contributed by atoms with Gasteiger partial charge in [-0.1, -0.05) is 20.8 Å². The summed E-state index contributed by atoms with van der Waals surface area (Å²) in [5.41, 5.74) is -0.852. The van der Waals surface area contributed by atoms with Gasteiger partial charge in [0.1, 0.15) is 12.2 Å². The molecule has 0 aromatic heterocycles. The lowest BCUT2D eigenvalue weighted by molar-refractivity contribution is -0.168. The molecule has 0 aromatic rings. The number of carbonyl (C=O) groups excluding carboxylic acids is 1. The lowest BCUT2D eigenvalue weighted by Gasteiger charge is -2.36. The summed E-state index contributed by atoms with van der Waals surface area (Å²) in [5.74, 6) is -0.515. The van der Waals surface area contributed by atoms with E-state index in [4.69, 9.17) is 0 Å². The topological polar surface area (TPSA) is 29.1 Å². The predicted octanol–water partition coefficient (Wildman–Crippen LogP) is 2.62. The Morgan fingerprint density at radius 1 is 1.18 bits per heavy atom. The Balaban J connectivity index is 2.81. The van der Waals surface area contributed by atoms with Crippen LogP contribution in [0.5, 0.6) is 0 Å². The number of Topliss-reactive ketones (excluding diaryl/α,β-unsaturated/α-hetero) is 1. The van der Waals surface area contributed by atoms with Crippen LogP contribution in [-0.4, -0.2) is 30.2 Å². The van der Waals surface area contributed by atoms with Gasteiger partial charge >= 0.3 is 6.18 Å². The maximum atomic E-state index is 13.5. The van der Waals surface area contributed by atoms with E-state index in [1.165, 1.54) is 0 Å².